The summed E-state index contributed by atoms with van der Waals surface area (Å²) in [6, 6.07) is 5.30. The quantitative estimate of drug-likeness (QED) is 0.779. The van der Waals surface area contributed by atoms with Crippen LogP contribution in [0.4, 0.5) is 0 Å². The van der Waals surface area contributed by atoms with E-state index < -0.39 is 8.07 Å². The molecule has 1 fully saturated rings. The molecule has 1 heterocycles. The molecule has 0 radical (unpaired) electrons. The van der Waals surface area contributed by atoms with Crippen molar-refractivity contribution in [3.8, 4) is 5.75 Å². The number of nitrogens with zero attached hydrogens (tertiary/aromatic N) is 1. The van der Waals surface area contributed by atoms with Crippen LogP contribution in [-0.4, -0.2) is 39.7 Å². The van der Waals surface area contributed by atoms with Crippen molar-refractivity contribution in [3.05, 3.63) is 23.3 Å². The number of piperidine rings is 1. The van der Waals surface area contributed by atoms with E-state index in [0.717, 1.165) is 17.7 Å². The Morgan fingerprint density at radius 2 is 1.90 bits per heavy atom. The predicted octanol–water partition coefficient (Wildman–Crippen LogP) is 3.05. The Bertz CT molecular complexity index is 535. The van der Waals surface area contributed by atoms with Gasteiger partial charge in [0.2, 0.25) is 0 Å². The fourth-order valence-electron chi connectivity index (χ4n) is 4.38. The van der Waals surface area contributed by atoms with Crippen LogP contribution < -0.4 is 9.92 Å². The van der Waals surface area contributed by atoms with Crippen molar-refractivity contribution in [1.82, 2.24) is 4.90 Å². The largest absolute Gasteiger partial charge is 0.496 e. The van der Waals surface area contributed by atoms with Crippen molar-refractivity contribution in [2.24, 2.45) is 5.92 Å². The summed E-state index contributed by atoms with van der Waals surface area (Å²) in [6.45, 7) is 8.66. The summed E-state index contributed by atoms with van der Waals surface area (Å²) < 4.78 is 5.69. The Balaban J connectivity index is 2.08. The van der Waals surface area contributed by atoms with Gasteiger partial charge in [-0.3, -0.25) is 0 Å². The molecule has 1 aromatic rings. The van der Waals surface area contributed by atoms with E-state index in [1.54, 1.807) is 10.8 Å². The molecule has 0 N–H and O–H groups in total. The van der Waals surface area contributed by atoms with Gasteiger partial charge in [0.05, 0.1) is 15.2 Å². The van der Waals surface area contributed by atoms with Gasteiger partial charge in [0.25, 0.3) is 0 Å². The first kappa shape index (κ1) is 15.1. The third-order valence-corrected chi connectivity index (χ3v) is 7.58. The molecule has 1 aliphatic heterocycles. The molecular weight excluding hydrogens is 274 g/mol. The van der Waals surface area contributed by atoms with Crippen molar-refractivity contribution in [2.45, 2.75) is 51.4 Å². The zero-order valence-corrected chi connectivity index (χ0v) is 15.2. The summed E-state index contributed by atoms with van der Waals surface area (Å²) in [4.78, 5) is 2.58. The van der Waals surface area contributed by atoms with Crippen LogP contribution in [0, 0.1) is 5.92 Å². The van der Waals surface area contributed by atoms with E-state index in [2.05, 4.69) is 43.7 Å². The second-order valence-electron chi connectivity index (χ2n) is 7.88. The van der Waals surface area contributed by atoms with Gasteiger partial charge in [0.15, 0.2) is 0 Å². The van der Waals surface area contributed by atoms with Crippen LogP contribution in [0.5, 0.6) is 5.75 Å². The van der Waals surface area contributed by atoms with Crippen molar-refractivity contribution < 1.29 is 4.74 Å². The van der Waals surface area contributed by atoms with Crippen LogP contribution in [0.3, 0.4) is 0 Å². The first-order valence-electron chi connectivity index (χ1n) is 8.31. The van der Waals surface area contributed by atoms with Crippen LogP contribution in [0.15, 0.2) is 12.1 Å². The van der Waals surface area contributed by atoms with Gasteiger partial charge in [-0.2, -0.15) is 0 Å². The molecule has 0 unspecified atom stereocenters. The Hall–Kier alpha value is -0.803. The minimum Gasteiger partial charge on any atom is -0.496 e. The highest BCUT2D eigenvalue weighted by atomic mass is 28.3. The maximum Gasteiger partial charge on any atom is 0.122 e. The van der Waals surface area contributed by atoms with Gasteiger partial charge in [0, 0.05) is 6.04 Å². The standard InChI is InChI=1S/C18H29NOSi/c1-19-10-6-7-13-11-15-14(12-16(13)19)17(20-2)8-9-18(15)21(3,4)5/h8-9,13,16H,6-7,10-12H2,1-5H3/t13-,16-/m1/s1. The van der Waals surface area contributed by atoms with E-state index in [1.807, 2.05) is 7.11 Å². The van der Waals surface area contributed by atoms with Crippen molar-refractivity contribution >= 4 is 13.3 Å². The second-order valence-corrected chi connectivity index (χ2v) is 12.9. The molecule has 3 heteroatoms. The lowest BCUT2D eigenvalue weighted by molar-refractivity contribution is 0.112. The molecule has 0 aromatic heterocycles. The first-order chi connectivity index (χ1) is 9.91. The molecule has 0 saturated carbocycles. The molecule has 0 spiro atoms. The highest BCUT2D eigenvalue weighted by Crippen LogP contribution is 2.38. The normalized spacial score (nSPS) is 26.1. The number of likely N-dealkylation sites (tertiary alicyclic amines) is 1. The summed E-state index contributed by atoms with van der Waals surface area (Å²) in [6.07, 6.45) is 5.20. The van der Waals surface area contributed by atoms with Gasteiger partial charge in [0.1, 0.15) is 5.75 Å². The lowest BCUT2D eigenvalue weighted by Gasteiger charge is -2.44. The number of rotatable bonds is 2. The molecule has 0 amide bonds. The minimum atomic E-state index is -1.29. The third kappa shape index (κ3) is 2.66. The lowest BCUT2D eigenvalue weighted by Crippen LogP contribution is -2.50. The van der Waals surface area contributed by atoms with Crippen molar-refractivity contribution in [2.75, 3.05) is 20.7 Å². The van der Waals surface area contributed by atoms with Gasteiger partial charge < -0.3 is 9.64 Å². The van der Waals surface area contributed by atoms with Crippen LogP contribution in [0.1, 0.15) is 24.0 Å². The number of methoxy groups -OCH3 is 1. The average molecular weight is 304 g/mol. The molecule has 1 aromatic carbocycles. The maximum atomic E-state index is 5.69. The number of likely N-dealkylation sites (N-methyl/N-ethyl adjacent to an activating group) is 1. The van der Waals surface area contributed by atoms with Gasteiger partial charge in [-0.1, -0.05) is 30.9 Å². The molecule has 2 aliphatic rings. The molecular formula is C18H29NOSi. The SMILES string of the molecule is COc1ccc([Si](C)(C)C)c2c1C[C@@H]1[C@H](CCCN1C)C2. The van der Waals surface area contributed by atoms with E-state index in [9.17, 15) is 0 Å². The monoisotopic (exact) mass is 303 g/mol. The van der Waals surface area contributed by atoms with E-state index in [1.165, 1.54) is 37.8 Å². The summed E-state index contributed by atoms with van der Waals surface area (Å²) in [5.41, 5.74) is 3.15. The van der Waals surface area contributed by atoms with Crippen LogP contribution in [0.25, 0.3) is 0 Å². The highest BCUT2D eigenvalue weighted by molar-refractivity contribution is 6.89. The zero-order valence-electron chi connectivity index (χ0n) is 14.2. The Morgan fingerprint density at radius 1 is 1.14 bits per heavy atom. The Morgan fingerprint density at radius 3 is 2.57 bits per heavy atom. The predicted molar refractivity (Wildman–Crippen MR) is 92.5 cm³/mol. The lowest BCUT2D eigenvalue weighted by atomic mass is 9.75. The fourth-order valence-corrected chi connectivity index (χ4v) is 6.12. The van der Waals surface area contributed by atoms with E-state index >= 15 is 0 Å². The average Bonchev–Trinajstić information content (AvgIpc) is 2.43. The molecule has 2 nitrogen and oxygen atoms in total. The van der Waals surface area contributed by atoms with E-state index in [0.29, 0.717) is 0 Å². The molecule has 0 bridgehead atoms. The number of benzene rings is 1. The summed E-state index contributed by atoms with van der Waals surface area (Å²) in [7, 11) is 2.83. The zero-order chi connectivity index (χ0) is 15.2. The van der Waals surface area contributed by atoms with Crippen LogP contribution >= 0.6 is 0 Å². The van der Waals surface area contributed by atoms with E-state index in [-0.39, 0.29) is 0 Å². The molecule has 21 heavy (non-hydrogen) atoms. The Labute approximate surface area is 130 Å². The smallest absolute Gasteiger partial charge is 0.122 e. The van der Waals surface area contributed by atoms with Gasteiger partial charge in [-0.05, 0) is 62.4 Å². The van der Waals surface area contributed by atoms with Crippen LogP contribution in [0.2, 0.25) is 19.6 Å². The van der Waals surface area contributed by atoms with Crippen LogP contribution in [-0.2, 0) is 12.8 Å². The third-order valence-electron chi connectivity index (χ3n) is 5.49. The van der Waals surface area contributed by atoms with Gasteiger partial charge in [-0.15, -0.1) is 0 Å². The van der Waals surface area contributed by atoms with E-state index in [4.69, 9.17) is 4.74 Å². The number of hydrogen-bond donors (Lipinski definition) is 0. The fraction of sp³-hybridized carbons (Fsp3) is 0.667. The number of hydrogen-bond acceptors (Lipinski definition) is 2. The topological polar surface area (TPSA) is 12.5 Å². The molecule has 3 rings (SSSR count). The summed E-state index contributed by atoms with van der Waals surface area (Å²) in [5, 5.41) is 1.66. The summed E-state index contributed by atoms with van der Waals surface area (Å²) in [5.74, 6) is 1.96. The number of fused-ring (bicyclic) bond motifs is 2. The molecule has 1 saturated heterocycles. The molecule has 116 valence electrons. The highest BCUT2D eigenvalue weighted by Gasteiger charge is 2.37. The summed E-state index contributed by atoms with van der Waals surface area (Å²) >= 11 is 0. The van der Waals surface area contributed by atoms with Gasteiger partial charge >= 0.3 is 0 Å². The number of ether oxygens (including phenoxy) is 1. The molecule has 1 aliphatic carbocycles. The molecule has 2 atom stereocenters. The second kappa shape index (κ2) is 5.44. The van der Waals surface area contributed by atoms with Crippen molar-refractivity contribution in [1.29, 1.82) is 0 Å². The maximum absolute atomic E-state index is 5.69. The first-order valence-corrected chi connectivity index (χ1v) is 11.8. The Kier molecular flexibility index (Phi) is 3.91. The van der Waals surface area contributed by atoms with Crippen molar-refractivity contribution in [3.63, 3.8) is 0 Å². The van der Waals surface area contributed by atoms with Gasteiger partial charge in [-0.25, -0.2) is 0 Å². The minimum absolute atomic E-state index is 0.719.